The molecule has 0 radical (unpaired) electrons. The van der Waals surface area contributed by atoms with Crippen molar-refractivity contribution in [3.63, 3.8) is 0 Å². The van der Waals surface area contributed by atoms with Crippen LogP contribution in [-0.4, -0.2) is 32.7 Å². The zero-order chi connectivity index (χ0) is 20.4. The summed E-state index contributed by atoms with van der Waals surface area (Å²) in [5.74, 6) is -2.17. The van der Waals surface area contributed by atoms with Crippen LogP contribution in [0.15, 0.2) is 30.3 Å². The average molecular weight is 456 g/mol. The van der Waals surface area contributed by atoms with Crippen molar-refractivity contribution >= 4 is 50.9 Å². The normalized spacial score (nSPS) is 11.5. The monoisotopic (exact) mass is 454 g/mol. The summed E-state index contributed by atoms with van der Waals surface area (Å²) in [4.78, 5) is 12.0. The Balaban J connectivity index is 2.18. The van der Waals surface area contributed by atoms with E-state index in [1.807, 2.05) is 0 Å². The molecule has 0 unspecified atom stereocenters. The number of hydrogen-bond acceptors (Lipinski definition) is 4. The number of hydrogen-bond donors (Lipinski definition) is 1. The number of ether oxygens (including phenoxy) is 1. The lowest BCUT2D eigenvalue weighted by Crippen LogP contribution is -2.39. The van der Waals surface area contributed by atoms with Gasteiger partial charge < -0.3 is 4.74 Å². The largest absolute Gasteiger partial charge is 0.487 e. The predicted molar refractivity (Wildman–Crippen MR) is 102 cm³/mol. The summed E-state index contributed by atoms with van der Waals surface area (Å²) in [6.45, 7) is 0.0244. The highest BCUT2D eigenvalue weighted by molar-refractivity contribution is 7.87. The third-order valence-electron chi connectivity index (χ3n) is 3.35. The van der Waals surface area contributed by atoms with Crippen LogP contribution in [0.1, 0.15) is 15.9 Å². The molecule has 0 fully saturated rings. The van der Waals surface area contributed by atoms with Gasteiger partial charge in [0, 0.05) is 20.2 Å². The minimum Gasteiger partial charge on any atom is -0.487 e. The molecule has 146 valence electrons. The SMILES string of the molecule is CN(C)S(=O)(=O)NC(=O)c1cc(Cl)c(OCc2ccc(Cl)c(Cl)c2)cc1F. The Bertz CT molecular complexity index is 984. The van der Waals surface area contributed by atoms with Crippen molar-refractivity contribution in [1.29, 1.82) is 0 Å². The molecule has 27 heavy (non-hydrogen) atoms. The molecule has 0 spiro atoms. The van der Waals surface area contributed by atoms with E-state index >= 15 is 0 Å². The maximum absolute atomic E-state index is 14.3. The fourth-order valence-corrected chi connectivity index (χ4v) is 2.93. The summed E-state index contributed by atoms with van der Waals surface area (Å²) < 4.78 is 45.6. The molecular formula is C16H14Cl3FN2O4S. The quantitative estimate of drug-likeness (QED) is 0.717. The molecule has 0 aliphatic carbocycles. The van der Waals surface area contributed by atoms with Gasteiger partial charge in [0.1, 0.15) is 18.2 Å². The van der Waals surface area contributed by atoms with E-state index in [2.05, 4.69) is 0 Å². The van der Waals surface area contributed by atoms with Gasteiger partial charge in [0.05, 0.1) is 20.6 Å². The topological polar surface area (TPSA) is 75.7 Å². The fourth-order valence-electron chi connectivity index (χ4n) is 1.87. The maximum Gasteiger partial charge on any atom is 0.303 e. The van der Waals surface area contributed by atoms with Crippen LogP contribution in [0.2, 0.25) is 15.1 Å². The van der Waals surface area contributed by atoms with Crippen molar-refractivity contribution in [3.8, 4) is 5.75 Å². The molecule has 0 atom stereocenters. The van der Waals surface area contributed by atoms with E-state index in [9.17, 15) is 17.6 Å². The number of carbonyl (C=O) groups is 1. The number of nitrogens with zero attached hydrogens (tertiary/aromatic N) is 1. The summed E-state index contributed by atoms with van der Waals surface area (Å²) in [5, 5.41) is 0.653. The molecule has 1 amide bonds. The Morgan fingerprint density at radius 2 is 1.78 bits per heavy atom. The van der Waals surface area contributed by atoms with Crippen molar-refractivity contribution in [2.45, 2.75) is 6.61 Å². The van der Waals surface area contributed by atoms with E-state index in [0.29, 0.717) is 15.6 Å². The molecule has 0 aliphatic heterocycles. The Hall–Kier alpha value is -1.58. The van der Waals surface area contributed by atoms with Gasteiger partial charge in [-0.15, -0.1) is 0 Å². The lowest BCUT2D eigenvalue weighted by molar-refractivity contribution is 0.0975. The highest BCUT2D eigenvalue weighted by atomic mass is 35.5. The van der Waals surface area contributed by atoms with E-state index in [-0.39, 0.29) is 17.4 Å². The first-order valence-corrected chi connectivity index (χ1v) is 9.89. The molecule has 11 heteroatoms. The summed E-state index contributed by atoms with van der Waals surface area (Å²) in [6, 6.07) is 6.73. The molecule has 2 aromatic carbocycles. The van der Waals surface area contributed by atoms with Gasteiger partial charge in [-0.25, -0.2) is 9.11 Å². The smallest absolute Gasteiger partial charge is 0.303 e. The molecule has 0 bridgehead atoms. The van der Waals surface area contributed by atoms with E-state index in [4.69, 9.17) is 39.5 Å². The molecule has 0 saturated heterocycles. The van der Waals surface area contributed by atoms with E-state index in [0.717, 1.165) is 16.4 Å². The second-order valence-electron chi connectivity index (χ2n) is 5.52. The van der Waals surface area contributed by atoms with Gasteiger partial charge in [-0.05, 0) is 23.8 Å². The summed E-state index contributed by atoms with van der Waals surface area (Å²) in [5.41, 5.74) is 0.132. The zero-order valence-corrected chi connectivity index (χ0v) is 17.2. The van der Waals surface area contributed by atoms with Crippen LogP contribution in [0.5, 0.6) is 5.75 Å². The third kappa shape index (κ3) is 5.46. The number of rotatable bonds is 6. The predicted octanol–water partition coefficient (Wildman–Crippen LogP) is 3.90. The van der Waals surface area contributed by atoms with Gasteiger partial charge in [0.25, 0.3) is 5.91 Å². The number of halogens is 4. The minimum atomic E-state index is -4.07. The van der Waals surface area contributed by atoms with Gasteiger partial charge >= 0.3 is 10.2 Å². The highest BCUT2D eigenvalue weighted by Crippen LogP contribution is 2.29. The lowest BCUT2D eigenvalue weighted by Gasteiger charge is -2.14. The number of carbonyl (C=O) groups excluding carboxylic acids is 1. The average Bonchev–Trinajstić information content (AvgIpc) is 2.57. The lowest BCUT2D eigenvalue weighted by atomic mass is 10.2. The van der Waals surface area contributed by atoms with E-state index < -0.39 is 27.5 Å². The van der Waals surface area contributed by atoms with Crippen molar-refractivity contribution in [1.82, 2.24) is 9.03 Å². The molecule has 0 heterocycles. The van der Waals surface area contributed by atoms with Crippen molar-refractivity contribution in [2.75, 3.05) is 14.1 Å². The molecule has 0 saturated carbocycles. The molecular weight excluding hydrogens is 442 g/mol. The standard InChI is InChI=1S/C16H14Cl3FN2O4S/c1-22(2)27(24,25)21-16(23)10-6-13(19)15(7-14(10)20)26-8-9-3-4-11(17)12(18)5-9/h3-7H,8H2,1-2H3,(H,21,23). The number of benzene rings is 2. The number of amides is 1. The van der Waals surface area contributed by atoms with Crippen molar-refractivity contribution < 1.29 is 22.3 Å². The van der Waals surface area contributed by atoms with Crippen LogP contribution in [0.3, 0.4) is 0 Å². The second-order valence-corrected chi connectivity index (χ2v) is 8.62. The van der Waals surface area contributed by atoms with Crippen LogP contribution in [-0.2, 0) is 16.8 Å². The van der Waals surface area contributed by atoms with Crippen LogP contribution in [0.25, 0.3) is 0 Å². The van der Waals surface area contributed by atoms with Gasteiger partial charge in [0.15, 0.2) is 0 Å². The zero-order valence-electron chi connectivity index (χ0n) is 14.1. The first kappa shape index (κ1) is 21.7. The fraction of sp³-hybridized carbons (Fsp3) is 0.188. The van der Waals surface area contributed by atoms with Crippen molar-refractivity contribution in [2.24, 2.45) is 0 Å². The van der Waals surface area contributed by atoms with E-state index in [1.54, 1.807) is 22.9 Å². The molecule has 2 aromatic rings. The van der Waals surface area contributed by atoms with Gasteiger partial charge in [-0.2, -0.15) is 12.7 Å². The summed E-state index contributed by atoms with van der Waals surface area (Å²) in [6.07, 6.45) is 0. The Labute approximate surface area is 171 Å². The van der Waals surface area contributed by atoms with Crippen LogP contribution in [0, 0.1) is 5.82 Å². The molecule has 1 N–H and O–H groups in total. The first-order chi connectivity index (χ1) is 12.5. The highest BCUT2D eigenvalue weighted by Gasteiger charge is 2.22. The Morgan fingerprint density at radius 3 is 2.37 bits per heavy atom. The first-order valence-electron chi connectivity index (χ1n) is 7.31. The Morgan fingerprint density at radius 1 is 1.11 bits per heavy atom. The summed E-state index contributed by atoms with van der Waals surface area (Å²) in [7, 11) is -1.63. The van der Waals surface area contributed by atoms with Crippen molar-refractivity contribution in [3.05, 3.63) is 62.3 Å². The summed E-state index contributed by atoms with van der Waals surface area (Å²) >= 11 is 17.8. The molecule has 0 aliphatic rings. The van der Waals surface area contributed by atoms with Crippen LogP contribution < -0.4 is 9.46 Å². The maximum atomic E-state index is 14.3. The van der Waals surface area contributed by atoms with Gasteiger partial charge in [-0.1, -0.05) is 40.9 Å². The molecule has 0 aromatic heterocycles. The molecule has 2 rings (SSSR count). The third-order valence-corrected chi connectivity index (χ3v) is 5.79. The Kier molecular flexibility index (Phi) is 6.93. The second kappa shape index (κ2) is 8.62. The molecule has 6 nitrogen and oxygen atoms in total. The van der Waals surface area contributed by atoms with Crippen LogP contribution in [0.4, 0.5) is 4.39 Å². The van der Waals surface area contributed by atoms with Gasteiger partial charge in [-0.3, -0.25) is 4.79 Å². The van der Waals surface area contributed by atoms with Gasteiger partial charge in [0.2, 0.25) is 0 Å². The van der Waals surface area contributed by atoms with E-state index in [1.165, 1.54) is 14.1 Å². The minimum absolute atomic E-state index is 0.0211. The van der Waals surface area contributed by atoms with Crippen LogP contribution >= 0.6 is 34.8 Å². The number of nitrogens with one attached hydrogen (secondary N) is 1.